The summed E-state index contributed by atoms with van der Waals surface area (Å²) in [5, 5.41) is 36.5. The van der Waals surface area contributed by atoms with Gasteiger partial charge in [-0.1, -0.05) is 82.2 Å². The molecule has 2 rings (SSSR count). The van der Waals surface area contributed by atoms with Crippen LogP contribution in [0.3, 0.4) is 0 Å². The van der Waals surface area contributed by atoms with Crippen LogP contribution in [0.25, 0.3) is 0 Å². The van der Waals surface area contributed by atoms with E-state index < -0.39 is 67.3 Å². The Hall–Kier alpha value is -3.53. The second kappa shape index (κ2) is 16.3. The van der Waals surface area contributed by atoms with E-state index in [2.05, 4.69) is 15.8 Å². The number of nitrogens with zero attached hydrogens (tertiary/aromatic N) is 2. The zero-order valence-corrected chi connectivity index (χ0v) is 28.6. The zero-order valence-electron chi connectivity index (χ0n) is 27.0. The van der Waals surface area contributed by atoms with E-state index in [0.29, 0.717) is 11.1 Å². The number of hydrogen-bond donors (Lipinski definition) is 5. The summed E-state index contributed by atoms with van der Waals surface area (Å²) in [6.45, 7) is 8.28. The molecule has 13 nitrogen and oxygen atoms in total. The van der Waals surface area contributed by atoms with Crippen molar-refractivity contribution < 1.29 is 41.8 Å². The minimum Gasteiger partial charge on any atom is -0.465 e. The first-order valence-corrected chi connectivity index (χ1v) is 18.1. The summed E-state index contributed by atoms with van der Waals surface area (Å²) in [5.41, 5.74) is 0.346. The van der Waals surface area contributed by atoms with Crippen LogP contribution in [-0.4, -0.2) is 97.6 Å². The highest BCUT2D eigenvalue weighted by Crippen LogP contribution is 2.29. The third kappa shape index (κ3) is 11.7. The predicted octanol–water partition coefficient (Wildman–Crippen LogP) is 2.72. The summed E-state index contributed by atoms with van der Waals surface area (Å²) in [5.74, 6) is -1.00. The minimum atomic E-state index is -4.14. The van der Waals surface area contributed by atoms with Gasteiger partial charge in [-0.2, -0.15) is 4.31 Å². The predicted molar refractivity (Wildman–Crippen MR) is 175 cm³/mol. The van der Waals surface area contributed by atoms with Gasteiger partial charge in [-0.15, -0.1) is 0 Å². The van der Waals surface area contributed by atoms with E-state index in [0.717, 1.165) is 16.8 Å². The Kier molecular flexibility index (Phi) is 13.7. The van der Waals surface area contributed by atoms with Crippen molar-refractivity contribution in [2.45, 2.75) is 75.8 Å². The second-order valence-electron chi connectivity index (χ2n) is 12.8. The van der Waals surface area contributed by atoms with E-state index in [-0.39, 0.29) is 30.2 Å². The van der Waals surface area contributed by atoms with Crippen LogP contribution in [0, 0.1) is 11.3 Å². The molecule has 5 N–H and O–H groups in total. The number of aliphatic hydroxyl groups is 1. The molecule has 0 aromatic heterocycles. The largest absolute Gasteiger partial charge is 0.465 e. The normalized spacial score (nSPS) is 15.4. The van der Waals surface area contributed by atoms with Crippen molar-refractivity contribution in [3.05, 3.63) is 65.7 Å². The Morgan fingerprint density at radius 3 is 2.02 bits per heavy atom. The average Bonchev–Trinajstić information content (AvgIpc) is 2.93. The molecule has 15 heteroatoms. The molecule has 0 fully saturated rings. The number of benzene rings is 2. The zero-order chi connectivity index (χ0) is 34.9. The Balaban J connectivity index is 2.47. The summed E-state index contributed by atoms with van der Waals surface area (Å²) in [7, 11) is -7.85. The maximum Gasteiger partial charge on any atom is 0.405 e. The fraction of sp³-hybridized carbons (Fsp3) is 0.516. The first kappa shape index (κ1) is 38.7. The maximum atomic E-state index is 13.7. The van der Waals surface area contributed by atoms with E-state index in [9.17, 15) is 36.6 Å². The van der Waals surface area contributed by atoms with Gasteiger partial charge in [0.2, 0.25) is 15.9 Å². The molecule has 0 saturated carbocycles. The first-order chi connectivity index (χ1) is 21.2. The molecule has 256 valence electrons. The minimum absolute atomic E-state index is 0.0378. The standard InChI is InChI=1S/C31H46N4O9S2/c1-21(2)19-35(46(43,44)24-14-12-23(13-15-24)18-32-40)20-27(36)25(16-22-10-8-7-9-11-22)33-29(37)26(34-30(38)39)17-28(31(3,4)5)45(6,41)42/h7-15,18,21,25-28,34,36,40H,16-17,19-20H2,1-6H3,(H,33,37)(H,38,39)/t25-,26-,27-,28?/m0/s1. The molecular weight excluding hydrogens is 636 g/mol. The lowest BCUT2D eigenvalue weighted by Crippen LogP contribution is -2.57. The Labute approximate surface area is 271 Å². The van der Waals surface area contributed by atoms with Crippen molar-refractivity contribution in [2.24, 2.45) is 16.5 Å². The summed E-state index contributed by atoms with van der Waals surface area (Å²) in [4.78, 5) is 25.3. The van der Waals surface area contributed by atoms with Crippen molar-refractivity contribution in [3.63, 3.8) is 0 Å². The lowest BCUT2D eigenvalue weighted by atomic mass is 9.87. The second-order valence-corrected chi connectivity index (χ2v) is 17.0. The molecule has 0 aliphatic heterocycles. The molecule has 0 aliphatic carbocycles. The van der Waals surface area contributed by atoms with Crippen molar-refractivity contribution in [3.8, 4) is 0 Å². The van der Waals surface area contributed by atoms with Gasteiger partial charge in [-0.25, -0.2) is 21.6 Å². The van der Waals surface area contributed by atoms with Gasteiger partial charge in [0.05, 0.1) is 28.5 Å². The van der Waals surface area contributed by atoms with Crippen molar-refractivity contribution in [2.75, 3.05) is 19.3 Å². The van der Waals surface area contributed by atoms with Gasteiger partial charge < -0.3 is 26.1 Å². The number of rotatable bonds is 16. The molecule has 0 spiro atoms. The lowest BCUT2D eigenvalue weighted by molar-refractivity contribution is -0.124. The molecule has 46 heavy (non-hydrogen) atoms. The van der Waals surface area contributed by atoms with Crippen molar-refractivity contribution in [1.29, 1.82) is 0 Å². The van der Waals surface area contributed by atoms with Crippen molar-refractivity contribution >= 4 is 38.1 Å². The molecule has 0 radical (unpaired) electrons. The van der Waals surface area contributed by atoms with Crippen LogP contribution in [-0.2, 0) is 31.1 Å². The van der Waals surface area contributed by atoms with Crippen LogP contribution in [0.15, 0.2) is 64.6 Å². The van der Waals surface area contributed by atoms with Crippen LogP contribution in [0.4, 0.5) is 4.79 Å². The number of carbonyl (C=O) groups is 2. The summed E-state index contributed by atoms with van der Waals surface area (Å²) in [6, 6.07) is 11.9. The molecule has 0 heterocycles. The molecule has 0 aliphatic rings. The highest BCUT2D eigenvalue weighted by atomic mass is 32.2. The van der Waals surface area contributed by atoms with E-state index >= 15 is 0 Å². The third-order valence-corrected chi connectivity index (χ3v) is 11.1. The van der Waals surface area contributed by atoms with Gasteiger partial charge >= 0.3 is 6.09 Å². The number of aliphatic hydroxyl groups excluding tert-OH is 1. The molecule has 0 bridgehead atoms. The monoisotopic (exact) mass is 682 g/mol. The number of hydrogen-bond acceptors (Lipinski definition) is 9. The summed E-state index contributed by atoms with van der Waals surface area (Å²) >= 11 is 0. The van der Waals surface area contributed by atoms with E-state index in [4.69, 9.17) is 5.21 Å². The van der Waals surface area contributed by atoms with Gasteiger partial charge in [0.25, 0.3) is 0 Å². The highest BCUT2D eigenvalue weighted by Gasteiger charge is 2.39. The van der Waals surface area contributed by atoms with E-state index in [1.165, 1.54) is 24.3 Å². The van der Waals surface area contributed by atoms with Crippen molar-refractivity contribution in [1.82, 2.24) is 14.9 Å². The van der Waals surface area contributed by atoms with Gasteiger partial charge in [0.1, 0.15) is 6.04 Å². The molecule has 2 aromatic rings. The van der Waals surface area contributed by atoms with Crippen LogP contribution in [0.5, 0.6) is 0 Å². The van der Waals surface area contributed by atoms with Crippen LogP contribution in [0.1, 0.15) is 52.2 Å². The SMILES string of the molecule is CC(C)CN(C[C@H](O)[C@H](Cc1ccccc1)NC(=O)[C@H](CC(C(C)(C)C)S(C)(=O)=O)NC(=O)O)S(=O)(=O)c1ccc(C=NO)cc1. The number of amides is 2. The third-order valence-electron chi connectivity index (χ3n) is 7.32. The van der Waals surface area contributed by atoms with E-state index in [1.54, 1.807) is 51.1 Å². The first-order valence-electron chi connectivity index (χ1n) is 14.7. The number of oxime groups is 1. The van der Waals surface area contributed by atoms with Gasteiger partial charge in [0.15, 0.2) is 9.84 Å². The number of sulfone groups is 1. The summed E-state index contributed by atoms with van der Waals surface area (Å²) in [6.07, 6.45) is -1.12. The number of nitrogens with one attached hydrogen (secondary N) is 2. The molecule has 2 aromatic carbocycles. The van der Waals surface area contributed by atoms with Crippen LogP contribution in [0.2, 0.25) is 0 Å². The fourth-order valence-electron chi connectivity index (χ4n) is 5.16. The molecule has 1 unspecified atom stereocenters. The summed E-state index contributed by atoms with van der Waals surface area (Å²) < 4.78 is 53.8. The molecule has 4 atom stereocenters. The Morgan fingerprint density at radius 1 is 0.957 bits per heavy atom. The number of carbonyl (C=O) groups excluding carboxylic acids is 1. The fourth-order valence-corrected chi connectivity index (χ4v) is 8.60. The molecular formula is C31H46N4O9S2. The van der Waals surface area contributed by atoms with Gasteiger partial charge in [0, 0.05) is 19.3 Å². The maximum absolute atomic E-state index is 13.7. The van der Waals surface area contributed by atoms with Gasteiger partial charge in [-0.3, -0.25) is 4.79 Å². The highest BCUT2D eigenvalue weighted by molar-refractivity contribution is 7.91. The number of sulfonamides is 1. The molecule has 2 amide bonds. The molecule has 0 saturated heterocycles. The lowest BCUT2D eigenvalue weighted by Gasteiger charge is -2.34. The number of carboxylic acid groups (broad SMARTS) is 1. The Bertz CT molecular complexity index is 1540. The topological polar surface area (TPSA) is 203 Å². The Morgan fingerprint density at radius 2 is 1.54 bits per heavy atom. The smallest absolute Gasteiger partial charge is 0.405 e. The quantitative estimate of drug-likeness (QED) is 0.100. The van der Waals surface area contributed by atoms with Crippen LogP contribution < -0.4 is 10.6 Å². The average molecular weight is 683 g/mol. The van der Waals surface area contributed by atoms with E-state index in [1.807, 2.05) is 13.8 Å². The van der Waals surface area contributed by atoms with Crippen LogP contribution >= 0.6 is 0 Å². The van der Waals surface area contributed by atoms with Gasteiger partial charge in [-0.05, 0) is 47.4 Å².